The minimum absolute atomic E-state index is 0.0438. The van der Waals surface area contributed by atoms with Crippen LogP contribution in [-0.2, 0) is 11.3 Å². The molecule has 1 amide bonds. The summed E-state index contributed by atoms with van der Waals surface area (Å²) in [5.41, 5.74) is 2.09. The van der Waals surface area contributed by atoms with Crippen LogP contribution < -0.4 is 5.32 Å². The minimum atomic E-state index is -0.0438. The molecule has 0 aliphatic heterocycles. The molecule has 6 heteroatoms. The first-order chi connectivity index (χ1) is 11.4. The Balaban J connectivity index is 2.09. The Labute approximate surface area is 148 Å². The fourth-order valence-electron chi connectivity index (χ4n) is 2.59. The van der Waals surface area contributed by atoms with E-state index in [2.05, 4.69) is 29.4 Å². The number of hydrogen-bond donors (Lipinski definition) is 2. The number of nitrogens with one attached hydrogen (secondary N) is 2. The maximum atomic E-state index is 12.3. The van der Waals surface area contributed by atoms with Crippen molar-refractivity contribution in [1.82, 2.24) is 20.1 Å². The molecule has 130 valence electrons. The second-order valence-corrected chi connectivity index (χ2v) is 7.13. The van der Waals surface area contributed by atoms with Gasteiger partial charge in [0.25, 0.3) is 0 Å². The Kier molecular flexibility index (Phi) is 6.31. The summed E-state index contributed by atoms with van der Waals surface area (Å²) < 4.78 is 2.20. The van der Waals surface area contributed by atoms with E-state index in [1.807, 2.05) is 38.1 Å². The average molecular weight is 347 g/mol. The van der Waals surface area contributed by atoms with Crippen molar-refractivity contribution in [1.29, 1.82) is 0 Å². The molecule has 1 aromatic heterocycles. The molecule has 2 aromatic rings. The molecule has 2 N–H and O–H groups in total. The van der Waals surface area contributed by atoms with Crippen molar-refractivity contribution in [2.75, 3.05) is 0 Å². The molecule has 0 saturated heterocycles. The summed E-state index contributed by atoms with van der Waals surface area (Å²) in [5.74, 6) is 1.28. The maximum absolute atomic E-state index is 12.3. The highest BCUT2D eigenvalue weighted by Crippen LogP contribution is 2.18. The lowest BCUT2D eigenvalue weighted by Gasteiger charge is -2.15. The quantitative estimate of drug-likeness (QED) is 0.748. The summed E-state index contributed by atoms with van der Waals surface area (Å²) in [5, 5.41) is 10.1. The van der Waals surface area contributed by atoms with Gasteiger partial charge in [0, 0.05) is 11.6 Å². The largest absolute Gasteiger partial charge is 0.352 e. The molecular weight excluding hydrogens is 320 g/mol. The Morgan fingerprint density at radius 3 is 2.75 bits per heavy atom. The normalized spacial score (nSPS) is 12.4. The van der Waals surface area contributed by atoms with Crippen molar-refractivity contribution in [3.63, 3.8) is 0 Å². The van der Waals surface area contributed by atoms with Gasteiger partial charge >= 0.3 is 0 Å². The van der Waals surface area contributed by atoms with Crippen LogP contribution in [0, 0.1) is 17.6 Å². The second-order valence-electron chi connectivity index (χ2n) is 6.75. The molecule has 2 rings (SSSR count). The smallest absolute Gasteiger partial charge is 0.240 e. The van der Waals surface area contributed by atoms with Gasteiger partial charge in [0.2, 0.25) is 5.91 Å². The van der Waals surface area contributed by atoms with E-state index >= 15 is 0 Å². The van der Waals surface area contributed by atoms with Crippen molar-refractivity contribution in [2.45, 2.75) is 53.1 Å². The van der Waals surface area contributed by atoms with Crippen molar-refractivity contribution >= 4 is 18.1 Å². The first kappa shape index (κ1) is 18.4. The van der Waals surface area contributed by atoms with Crippen LogP contribution >= 0.6 is 12.2 Å². The predicted octanol–water partition coefficient (Wildman–Crippen LogP) is 3.86. The summed E-state index contributed by atoms with van der Waals surface area (Å²) >= 11 is 5.29. The van der Waals surface area contributed by atoms with Crippen molar-refractivity contribution in [3.8, 4) is 11.4 Å². The van der Waals surface area contributed by atoms with E-state index in [1.165, 1.54) is 0 Å². The number of rotatable bonds is 7. The molecular formula is C18H26N4OS. The first-order valence-electron chi connectivity index (χ1n) is 8.38. The van der Waals surface area contributed by atoms with Crippen molar-refractivity contribution < 1.29 is 4.79 Å². The van der Waals surface area contributed by atoms with E-state index in [1.54, 1.807) is 4.57 Å². The number of nitrogens with zero attached hydrogens (tertiary/aromatic N) is 2. The van der Waals surface area contributed by atoms with Gasteiger partial charge in [-0.25, -0.2) is 0 Å². The van der Waals surface area contributed by atoms with Crippen LogP contribution in [0.25, 0.3) is 11.4 Å². The second kappa shape index (κ2) is 8.24. The monoisotopic (exact) mass is 346 g/mol. The topological polar surface area (TPSA) is 62.7 Å². The van der Waals surface area contributed by atoms with Gasteiger partial charge in [-0.1, -0.05) is 37.6 Å². The number of H-pyrrole nitrogens is 1. The lowest BCUT2D eigenvalue weighted by Crippen LogP contribution is -2.35. The molecule has 0 bridgehead atoms. The van der Waals surface area contributed by atoms with Gasteiger partial charge in [0.05, 0.1) is 0 Å². The van der Waals surface area contributed by atoms with Crippen molar-refractivity contribution in [2.24, 2.45) is 5.92 Å². The van der Waals surface area contributed by atoms with Crippen LogP contribution in [0.5, 0.6) is 0 Å². The lowest BCUT2D eigenvalue weighted by atomic mass is 10.0. The molecule has 5 nitrogen and oxygen atoms in total. The van der Waals surface area contributed by atoms with E-state index < -0.39 is 0 Å². The van der Waals surface area contributed by atoms with Gasteiger partial charge in [-0.15, -0.1) is 0 Å². The third-order valence-electron chi connectivity index (χ3n) is 3.92. The number of carbonyl (C=O) groups excluding carboxylic acids is 1. The molecule has 0 radical (unpaired) electrons. The number of aromatic nitrogens is 3. The molecule has 0 fully saturated rings. The highest BCUT2D eigenvalue weighted by molar-refractivity contribution is 7.71. The highest BCUT2D eigenvalue weighted by atomic mass is 32.1. The lowest BCUT2D eigenvalue weighted by molar-refractivity contribution is -0.122. The molecule has 1 atom stereocenters. The molecule has 24 heavy (non-hydrogen) atoms. The standard InChI is InChI=1S/C18H26N4OS/c1-12(2)8-9-14(4)19-16(23)11-22-17(20-21-18(22)24)15-7-5-6-13(3)10-15/h5-7,10,12,14H,8-9,11H2,1-4H3,(H,19,23)(H,21,24). The van der Waals surface area contributed by atoms with Crippen LogP contribution in [0.3, 0.4) is 0 Å². The Bertz CT molecular complexity index is 747. The van der Waals surface area contributed by atoms with Crippen LogP contribution in [0.2, 0.25) is 0 Å². The number of aryl methyl sites for hydroxylation is 1. The van der Waals surface area contributed by atoms with Crippen molar-refractivity contribution in [3.05, 3.63) is 34.6 Å². The SMILES string of the molecule is Cc1cccc(-c2n[nH]c(=S)n2CC(=O)NC(C)CCC(C)C)c1. The van der Waals surface area contributed by atoms with E-state index in [-0.39, 0.29) is 18.5 Å². The van der Waals surface area contributed by atoms with E-state index in [4.69, 9.17) is 12.2 Å². The van der Waals surface area contributed by atoms with Crippen LogP contribution in [0.15, 0.2) is 24.3 Å². The highest BCUT2D eigenvalue weighted by Gasteiger charge is 2.14. The summed E-state index contributed by atoms with van der Waals surface area (Å²) in [6.07, 6.45) is 2.08. The average Bonchev–Trinajstić information content (AvgIpc) is 2.86. The van der Waals surface area contributed by atoms with Gasteiger partial charge < -0.3 is 5.32 Å². The van der Waals surface area contributed by atoms with Gasteiger partial charge in [0.15, 0.2) is 10.6 Å². The zero-order valence-corrected chi connectivity index (χ0v) is 15.6. The molecule has 0 saturated carbocycles. The number of carbonyl (C=O) groups is 1. The van der Waals surface area contributed by atoms with Crippen LogP contribution in [-0.4, -0.2) is 26.7 Å². The zero-order valence-electron chi connectivity index (χ0n) is 14.8. The fraction of sp³-hybridized carbons (Fsp3) is 0.500. The molecule has 1 aromatic carbocycles. The third kappa shape index (κ3) is 5.03. The summed E-state index contributed by atoms with van der Waals surface area (Å²) in [6, 6.07) is 8.16. The van der Waals surface area contributed by atoms with Gasteiger partial charge in [-0.3, -0.25) is 14.5 Å². The Morgan fingerprint density at radius 2 is 2.08 bits per heavy atom. The number of amides is 1. The first-order valence-corrected chi connectivity index (χ1v) is 8.79. The molecule has 0 aliphatic rings. The van der Waals surface area contributed by atoms with E-state index in [9.17, 15) is 4.79 Å². The van der Waals surface area contributed by atoms with Gasteiger partial charge in [-0.2, -0.15) is 5.10 Å². The molecule has 0 aliphatic carbocycles. The van der Waals surface area contributed by atoms with E-state index in [0.717, 1.165) is 24.0 Å². The van der Waals surface area contributed by atoms with Gasteiger partial charge in [-0.05, 0) is 50.9 Å². The maximum Gasteiger partial charge on any atom is 0.240 e. The molecule has 1 heterocycles. The number of aromatic amines is 1. The van der Waals surface area contributed by atoms with Crippen LogP contribution in [0.1, 0.15) is 39.2 Å². The number of hydrogen-bond acceptors (Lipinski definition) is 3. The number of benzene rings is 1. The summed E-state index contributed by atoms with van der Waals surface area (Å²) in [7, 11) is 0. The summed E-state index contributed by atoms with van der Waals surface area (Å²) in [6.45, 7) is 8.61. The Morgan fingerprint density at radius 1 is 1.33 bits per heavy atom. The Hall–Kier alpha value is -1.95. The van der Waals surface area contributed by atoms with E-state index in [0.29, 0.717) is 16.5 Å². The summed E-state index contributed by atoms with van der Waals surface area (Å²) in [4.78, 5) is 12.3. The van der Waals surface area contributed by atoms with Gasteiger partial charge in [0.1, 0.15) is 6.54 Å². The molecule has 0 spiro atoms. The predicted molar refractivity (Wildman–Crippen MR) is 99.3 cm³/mol. The molecule has 1 unspecified atom stereocenters. The third-order valence-corrected chi connectivity index (χ3v) is 4.23. The van der Waals surface area contributed by atoms with Crippen LogP contribution in [0.4, 0.5) is 0 Å². The fourth-order valence-corrected chi connectivity index (χ4v) is 2.79. The minimum Gasteiger partial charge on any atom is -0.352 e. The zero-order chi connectivity index (χ0) is 17.7.